The fourth-order valence-corrected chi connectivity index (χ4v) is 3.95. The molecule has 0 bridgehead atoms. The summed E-state index contributed by atoms with van der Waals surface area (Å²) < 4.78 is 0. The van der Waals surface area contributed by atoms with Crippen molar-refractivity contribution in [2.24, 2.45) is 5.73 Å². The third-order valence-electron chi connectivity index (χ3n) is 5.42. The molecule has 0 saturated heterocycles. The number of benzene rings is 3. The van der Waals surface area contributed by atoms with Crippen molar-refractivity contribution in [3.63, 3.8) is 0 Å². The van der Waals surface area contributed by atoms with Crippen molar-refractivity contribution in [3.05, 3.63) is 90.5 Å². The maximum absolute atomic E-state index is 6.06. The van der Waals surface area contributed by atoms with Crippen LogP contribution in [0.5, 0.6) is 0 Å². The number of anilines is 3. The third kappa shape index (κ3) is 3.66. The van der Waals surface area contributed by atoms with Gasteiger partial charge in [-0.15, -0.1) is 0 Å². The second-order valence-corrected chi connectivity index (χ2v) is 7.21. The largest absolute Gasteiger partial charge is 0.328 e. The first kappa shape index (κ1) is 16.9. The number of hydrogen-bond acceptors (Lipinski definition) is 2. The summed E-state index contributed by atoms with van der Waals surface area (Å²) >= 11 is 0. The highest BCUT2D eigenvalue weighted by Crippen LogP contribution is 2.37. The van der Waals surface area contributed by atoms with Crippen molar-refractivity contribution < 1.29 is 0 Å². The van der Waals surface area contributed by atoms with E-state index in [4.69, 9.17) is 5.73 Å². The molecule has 0 heterocycles. The van der Waals surface area contributed by atoms with E-state index in [1.165, 1.54) is 35.5 Å². The third-order valence-corrected chi connectivity index (χ3v) is 5.42. The van der Waals surface area contributed by atoms with Gasteiger partial charge in [0.25, 0.3) is 0 Å². The highest BCUT2D eigenvalue weighted by molar-refractivity contribution is 5.76. The minimum atomic E-state index is 0.400. The van der Waals surface area contributed by atoms with Crippen molar-refractivity contribution in [2.75, 3.05) is 4.90 Å². The molecule has 0 amide bonds. The summed E-state index contributed by atoms with van der Waals surface area (Å²) in [4.78, 5) is 2.31. The average Bonchev–Trinajstić information content (AvgIpc) is 2.71. The van der Waals surface area contributed by atoms with Gasteiger partial charge in [0.15, 0.2) is 0 Å². The predicted octanol–water partition coefficient (Wildman–Crippen LogP) is 6.14. The molecule has 1 fully saturated rings. The summed E-state index contributed by atoms with van der Waals surface area (Å²) in [6.45, 7) is 0. The van der Waals surface area contributed by atoms with Gasteiger partial charge in [0.05, 0.1) is 0 Å². The number of hydrogen-bond donors (Lipinski definition) is 1. The molecule has 0 atom stereocenters. The molecule has 0 aliphatic heterocycles. The van der Waals surface area contributed by atoms with Crippen LogP contribution in [0, 0.1) is 0 Å². The Morgan fingerprint density at radius 2 is 1.04 bits per heavy atom. The van der Waals surface area contributed by atoms with Crippen molar-refractivity contribution in [2.45, 2.75) is 37.6 Å². The molecule has 0 unspecified atom stereocenters. The van der Waals surface area contributed by atoms with Crippen LogP contribution in [-0.2, 0) is 0 Å². The van der Waals surface area contributed by atoms with Gasteiger partial charge < -0.3 is 10.6 Å². The van der Waals surface area contributed by atoms with Crippen molar-refractivity contribution in [3.8, 4) is 0 Å². The normalized spacial score (nSPS) is 19.9. The Labute approximate surface area is 156 Å². The molecule has 1 saturated carbocycles. The Morgan fingerprint density at radius 1 is 0.577 bits per heavy atom. The van der Waals surface area contributed by atoms with E-state index >= 15 is 0 Å². The summed E-state index contributed by atoms with van der Waals surface area (Å²) in [7, 11) is 0. The molecule has 3 aromatic carbocycles. The minimum absolute atomic E-state index is 0.400. The SMILES string of the molecule is NC1CCC(c2ccc(N(c3ccccc3)c3ccccc3)cc2)CC1. The van der Waals surface area contributed by atoms with E-state index in [1.54, 1.807) is 0 Å². The van der Waals surface area contributed by atoms with E-state index in [0.717, 1.165) is 12.8 Å². The first-order valence-corrected chi connectivity index (χ1v) is 9.57. The van der Waals surface area contributed by atoms with Gasteiger partial charge in [-0.2, -0.15) is 0 Å². The topological polar surface area (TPSA) is 29.3 Å². The lowest BCUT2D eigenvalue weighted by Crippen LogP contribution is -2.25. The summed E-state index contributed by atoms with van der Waals surface area (Å²) in [5, 5.41) is 0. The number of rotatable bonds is 4. The van der Waals surface area contributed by atoms with Gasteiger partial charge >= 0.3 is 0 Å². The maximum Gasteiger partial charge on any atom is 0.0461 e. The standard InChI is InChI=1S/C24H26N2/c25-21-15-11-19(12-16-21)20-13-17-24(18-14-20)26(22-7-3-1-4-8-22)23-9-5-2-6-10-23/h1-10,13-14,17-19,21H,11-12,15-16,25H2. The van der Waals surface area contributed by atoms with Gasteiger partial charge in [-0.25, -0.2) is 0 Å². The van der Waals surface area contributed by atoms with Crippen LogP contribution in [0.15, 0.2) is 84.9 Å². The van der Waals surface area contributed by atoms with Crippen LogP contribution >= 0.6 is 0 Å². The van der Waals surface area contributed by atoms with Crippen LogP contribution in [0.25, 0.3) is 0 Å². The molecule has 1 aliphatic carbocycles. The molecule has 4 rings (SSSR count). The maximum atomic E-state index is 6.06. The molecule has 132 valence electrons. The first-order valence-electron chi connectivity index (χ1n) is 9.57. The zero-order chi connectivity index (χ0) is 17.8. The fraction of sp³-hybridized carbons (Fsp3) is 0.250. The fourth-order valence-electron chi connectivity index (χ4n) is 3.95. The van der Waals surface area contributed by atoms with Crippen LogP contribution < -0.4 is 10.6 Å². The molecule has 3 aromatic rings. The molecule has 26 heavy (non-hydrogen) atoms. The zero-order valence-corrected chi connectivity index (χ0v) is 15.1. The molecular weight excluding hydrogens is 316 g/mol. The van der Waals surface area contributed by atoms with Gasteiger partial charge in [0.1, 0.15) is 0 Å². The lowest BCUT2D eigenvalue weighted by atomic mass is 9.82. The van der Waals surface area contributed by atoms with Crippen LogP contribution in [-0.4, -0.2) is 6.04 Å². The van der Waals surface area contributed by atoms with Crippen LogP contribution in [0.4, 0.5) is 17.1 Å². The number of para-hydroxylation sites is 2. The molecule has 0 radical (unpaired) electrons. The summed E-state index contributed by atoms with van der Waals surface area (Å²) in [6, 6.07) is 30.6. The lowest BCUT2D eigenvalue weighted by molar-refractivity contribution is 0.395. The molecule has 2 N–H and O–H groups in total. The summed E-state index contributed by atoms with van der Waals surface area (Å²) in [6.07, 6.45) is 4.71. The molecule has 0 spiro atoms. The highest BCUT2D eigenvalue weighted by Gasteiger charge is 2.20. The molecule has 1 aliphatic rings. The highest BCUT2D eigenvalue weighted by atomic mass is 15.1. The van der Waals surface area contributed by atoms with Crippen LogP contribution in [0.3, 0.4) is 0 Å². The van der Waals surface area contributed by atoms with Crippen molar-refractivity contribution in [1.82, 2.24) is 0 Å². The van der Waals surface area contributed by atoms with E-state index in [2.05, 4.69) is 89.8 Å². The number of nitrogens with two attached hydrogens (primary N) is 1. The monoisotopic (exact) mass is 342 g/mol. The van der Waals surface area contributed by atoms with Crippen LogP contribution in [0.1, 0.15) is 37.2 Å². The first-order chi connectivity index (χ1) is 12.8. The Bertz CT molecular complexity index is 764. The molecular formula is C24H26N2. The van der Waals surface area contributed by atoms with E-state index in [9.17, 15) is 0 Å². The Balaban J connectivity index is 1.64. The smallest absolute Gasteiger partial charge is 0.0461 e. The predicted molar refractivity (Wildman–Crippen MR) is 110 cm³/mol. The Kier molecular flexibility index (Phi) is 5.03. The van der Waals surface area contributed by atoms with Gasteiger partial charge in [0, 0.05) is 23.1 Å². The van der Waals surface area contributed by atoms with E-state index in [1.807, 2.05) is 0 Å². The second-order valence-electron chi connectivity index (χ2n) is 7.21. The molecule has 0 aromatic heterocycles. The quantitative estimate of drug-likeness (QED) is 0.617. The van der Waals surface area contributed by atoms with Crippen LogP contribution in [0.2, 0.25) is 0 Å². The Morgan fingerprint density at radius 3 is 1.54 bits per heavy atom. The zero-order valence-electron chi connectivity index (χ0n) is 15.1. The van der Waals surface area contributed by atoms with E-state index in [-0.39, 0.29) is 0 Å². The van der Waals surface area contributed by atoms with Gasteiger partial charge in [0.2, 0.25) is 0 Å². The summed E-state index contributed by atoms with van der Waals surface area (Å²) in [5.41, 5.74) is 11.1. The van der Waals surface area contributed by atoms with Gasteiger partial charge in [-0.05, 0) is 73.6 Å². The van der Waals surface area contributed by atoms with E-state index < -0.39 is 0 Å². The lowest BCUT2D eigenvalue weighted by Gasteiger charge is -2.28. The summed E-state index contributed by atoms with van der Waals surface area (Å²) in [5.74, 6) is 0.658. The van der Waals surface area contributed by atoms with Gasteiger partial charge in [-0.1, -0.05) is 48.5 Å². The Hall–Kier alpha value is -2.58. The average molecular weight is 342 g/mol. The van der Waals surface area contributed by atoms with Crippen molar-refractivity contribution in [1.29, 1.82) is 0 Å². The number of nitrogens with zero attached hydrogens (tertiary/aromatic N) is 1. The van der Waals surface area contributed by atoms with Gasteiger partial charge in [-0.3, -0.25) is 0 Å². The van der Waals surface area contributed by atoms with Crippen molar-refractivity contribution >= 4 is 17.1 Å². The van der Waals surface area contributed by atoms with E-state index in [0.29, 0.717) is 12.0 Å². The molecule has 2 nitrogen and oxygen atoms in total. The second kappa shape index (κ2) is 7.76. The minimum Gasteiger partial charge on any atom is -0.328 e. The molecule has 2 heteroatoms.